The topological polar surface area (TPSA) is 67.5 Å². The standard InChI is InChI=1S/C35H38FN3O4/c1-4-28-32-29(38(3)37-28)22-41-20-9-8-19-39-33-26(17-18-27(36)31(32)33)25(34(39)35(40)42-5-2)15-11-21-43-30-16-10-13-23-12-6-7-14-24(23)30/h6-7,10,12-14,16-18H,4-5,8-9,11,15,19-22H2,1-3H3. The van der Waals surface area contributed by atoms with Gasteiger partial charge in [-0.3, -0.25) is 4.68 Å². The summed E-state index contributed by atoms with van der Waals surface area (Å²) in [7, 11) is 1.88. The Morgan fingerprint density at radius 1 is 1.02 bits per heavy atom. The number of fused-ring (bicyclic) bond motifs is 3. The molecule has 0 saturated heterocycles. The van der Waals surface area contributed by atoms with Gasteiger partial charge in [0.05, 0.1) is 36.7 Å². The molecule has 1 aliphatic heterocycles. The summed E-state index contributed by atoms with van der Waals surface area (Å²) in [6, 6.07) is 17.5. The monoisotopic (exact) mass is 583 g/mol. The molecule has 0 atom stereocenters. The third-order valence-corrected chi connectivity index (χ3v) is 8.31. The van der Waals surface area contributed by atoms with Gasteiger partial charge in [0, 0.05) is 42.1 Å². The van der Waals surface area contributed by atoms with Gasteiger partial charge in [-0.05, 0) is 68.2 Å². The van der Waals surface area contributed by atoms with Crippen LogP contribution in [0, 0.1) is 5.82 Å². The van der Waals surface area contributed by atoms with E-state index >= 15 is 4.39 Å². The molecule has 3 aromatic carbocycles. The maximum Gasteiger partial charge on any atom is 0.355 e. The lowest BCUT2D eigenvalue weighted by molar-refractivity contribution is 0.0512. The van der Waals surface area contributed by atoms with Crippen LogP contribution in [-0.2, 0) is 42.5 Å². The second-order valence-corrected chi connectivity index (χ2v) is 11.0. The first-order chi connectivity index (χ1) is 21.0. The lowest BCUT2D eigenvalue weighted by atomic mass is 9.96. The van der Waals surface area contributed by atoms with Gasteiger partial charge in [0.15, 0.2) is 0 Å². The van der Waals surface area contributed by atoms with Crippen molar-refractivity contribution >= 4 is 27.6 Å². The Balaban J connectivity index is 1.46. The maximum absolute atomic E-state index is 16.1. The van der Waals surface area contributed by atoms with Gasteiger partial charge < -0.3 is 18.8 Å². The van der Waals surface area contributed by atoms with Gasteiger partial charge in [-0.1, -0.05) is 43.3 Å². The zero-order chi connectivity index (χ0) is 29.9. The molecular weight excluding hydrogens is 545 g/mol. The summed E-state index contributed by atoms with van der Waals surface area (Å²) < 4.78 is 37.7. The molecule has 0 unspecified atom stereocenters. The van der Waals surface area contributed by atoms with Crippen molar-refractivity contribution in [2.45, 2.75) is 59.1 Å². The highest BCUT2D eigenvalue weighted by Gasteiger charge is 2.30. The van der Waals surface area contributed by atoms with E-state index in [0.717, 1.165) is 62.8 Å². The molecule has 6 rings (SSSR count). The predicted molar refractivity (Wildman–Crippen MR) is 166 cm³/mol. The van der Waals surface area contributed by atoms with Crippen LogP contribution in [0.5, 0.6) is 5.75 Å². The van der Waals surface area contributed by atoms with Gasteiger partial charge in [0.2, 0.25) is 0 Å². The summed E-state index contributed by atoms with van der Waals surface area (Å²) in [6.07, 6.45) is 3.49. The molecule has 0 saturated carbocycles. The Kier molecular flexibility index (Phi) is 8.47. The van der Waals surface area contributed by atoms with Gasteiger partial charge in [-0.2, -0.15) is 5.10 Å². The van der Waals surface area contributed by atoms with E-state index in [1.807, 2.05) is 55.8 Å². The number of ether oxygens (including phenoxy) is 3. The van der Waals surface area contributed by atoms with Crippen LogP contribution in [-0.4, -0.2) is 40.1 Å². The van der Waals surface area contributed by atoms with Gasteiger partial charge in [-0.15, -0.1) is 0 Å². The molecule has 224 valence electrons. The van der Waals surface area contributed by atoms with Crippen molar-refractivity contribution < 1.29 is 23.4 Å². The number of esters is 1. The molecule has 43 heavy (non-hydrogen) atoms. The molecule has 0 amide bonds. The van der Waals surface area contributed by atoms with Crippen LogP contribution in [0.4, 0.5) is 4.39 Å². The molecule has 5 aromatic rings. The predicted octanol–water partition coefficient (Wildman–Crippen LogP) is 7.40. The first-order valence-electron chi connectivity index (χ1n) is 15.3. The minimum Gasteiger partial charge on any atom is -0.493 e. The van der Waals surface area contributed by atoms with Gasteiger partial charge >= 0.3 is 5.97 Å². The number of carbonyl (C=O) groups excluding carboxylic acids is 1. The van der Waals surface area contributed by atoms with Crippen LogP contribution >= 0.6 is 0 Å². The Bertz CT molecular complexity index is 1780. The molecule has 2 aromatic heterocycles. The van der Waals surface area contributed by atoms with Crippen LogP contribution in [0.2, 0.25) is 0 Å². The maximum atomic E-state index is 16.1. The average molecular weight is 584 g/mol. The minimum atomic E-state index is -0.386. The second-order valence-electron chi connectivity index (χ2n) is 11.0. The molecular formula is C35H38FN3O4. The van der Waals surface area contributed by atoms with E-state index in [9.17, 15) is 4.79 Å². The summed E-state index contributed by atoms with van der Waals surface area (Å²) in [5.41, 5.74) is 4.97. The fraction of sp³-hybridized carbons (Fsp3) is 0.371. The Morgan fingerprint density at radius 3 is 2.70 bits per heavy atom. The van der Waals surface area contributed by atoms with E-state index in [1.165, 1.54) is 6.07 Å². The smallest absolute Gasteiger partial charge is 0.355 e. The summed E-state index contributed by atoms with van der Waals surface area (Å²) >= 11 is 0. The number of benzene rings is 3. The zero-order valence-corrected chi connectivity index (χ0v) is 25.1. The summed E-state index contributed by atoms with van der Waals surface area (Å²) in [6.45, 7) is 6.03. The molecule has 1 aliphatic rings. The molecule has 0 bridgehead atoms. The third-order valence-electron chi connectivity index (χ3n) is 8.31. The number of carbonyl (C=O) groups is 1. The molecule has 0 radical (unpaired) electrons. The van der Waals surface area contributed by atoms with E-state index in [4.69, 9.17) is 19.3 Å². The molecule has 0 aliphatic carbocycles. The Morgan fingerprint density at radius 2 is 1.86 bits per heavy atom. The van der Waals surface area contributed by atoms with Gasteiger partial charge in [0.25, 0.3) is 0 Å². The second kappa shape index (κ2) is 12.6. The third kappa shape index (κ3) is 5.40. The SMILES string of the molecule is CCOC(=O)c1c(CCCOc2cccc3ccccc23)c2ccc(F)c3c2n1CCCCOCc1c-3c(CC)nn1C. The molecule has 3 heterocycles. The van der Waals surface area contributed by atoms with Crippen molar-refractivity contribution in [2.75, 3.05) is 19.8 Å². The van der Waals surface area contributed by atoms with Crippen molar-refractivity contribution in [3.8, 4) is 16.9 Å². The van der Waals surface area contributed by atoms with Crippen molar-refractivity contribution in [3.05, 3.63) is 83.1 Å². The summed E-state index contributed by atoms with van der Waals surface area (Å²) in [5.74, 6) is 0.113. The minimum absolute atomic E-state index is 0.256. The Hall–Kier alpha value is -4.17. The highest BCUT2D eigenvalue weighted by molar-refractivity contribution is 6.05. The lowest BCUT2D eigenvalue weighted by Crippen LogP contribution is -2.15. The largest absolute Gasteiger partial charge is 0.493 e. The van der Waals surface area contributed by atoms with Crippen molar-refractivity contribution in [3.63, 3.8) is 0 Å². The first-order valence-corrected chi connectivity index (χ1v) is 15.3. The zero-order valence-electron chi connectivity index (χ0n) is 25.1. The van der Waals surface area contributed by atoms with Crippen LogP contribution in [0.3, 0.4) is 0 Å². The van der Waals surface area contributed by atoms with Crippen LogP contribution in [0.1, 0.15) is 60.5 Å². The lowest BCUT2D eigenvalue weighted by Gasteiger charge is -2.14. The highest BCUT2D eigenvalue weighted by Crippen LogP contribution is 2.41. The van der Waals surface area contributed by atoms with Crippen molar-refractivity contribution in [1.82, 2.24) is 14.3 Å². The molecule has 0 spiro atoms. The first kappa shape index (κ1) is 28.9. The van der Waals surface area contributed by atoms with E-state index in [1.54, 1.807) is 4.68 Å². The van der Waals surface area contributed by atoms with Gasteiger partial charge in [-0.25, -0.2) is 9.18 Å². The molecule has 0 fully saturated rings. The number of nitrogens with zero attached hydrogens (tertiary/aromatic N) is 3. The van der Waals surface area contributed by atoms with E-state index in [0.29, 0.717) is 56.9 Å². The number of hydrogen-bond donors (Lipinski definition) is 0. The fourth-order valence-corrected chi connectivity index (χ4v) is 6.36. The number of hydrogen-bond acceptors (Lipinski definition) is 5. The van der Waals surface area contributed by atoms with Crippen LogP contribution in [0.25, 0.3) is 32.8 Å². The van der Waals surface area contributed by atoms with Crippen LogP contribution in [0.15, 0.2) is 54.6 Å². The normalized spacial score (nSPS) is 13.6. The van der Waals surface area contributed by atoms with Crippen LogP contribution < -0.4 is 4.74 Å². The molecule has 8 heteroatoms. The Labute approximate surface area is 251 Å². The van der Waals surface area contributed by atoms with Crippen molar-refractivity contribution in [2.24, 2.45) is 7.05 Å². The van der Waals surface area contributed by atoms with Crippen molar-refractivity contribution in [1.29, 1.82) is 0 Å². The van der Waals surface area contributed by atoms with E-state index in [2.05, 4.69) is 18.2 Å². The van der Waals surface area contributed by atoms with Gasteiger partial charge in [0.1, 0.15) is 17.3 Å². The summed E-state index contributed by atoms with van der Waals surface area (Å²) in [5, 5.41) is 7.79. The number of aromatic nitrogens is 3. The highest BCUT2D eigenvalue weighted by atomic mass is 19.1. The quantitative estimate of drug-likeness (QED) is 0.141. The number of halogens is 1. The number of rotatable bonds is 8. The average Bonchev–Trinajstić information content (AvgIpc) is 3.49. The fourth-order valence-electron chi connectivity index (χ4n) is 6.36. The van der Waals surface area contributed by atoms with E-state index in [-0.39, 0.29) is 18.4 Å². The molecule has 7 nitrogen and oxygen atoms in total. The number of aryl methyl sites for hydroxylation is 4. The van der Waals surface area contributed by atoms with E-state index < -0.39 is 0 Å². The summed E-state index contributed by atoms with van der Waals surface area (Å²) in [4.78, 5) is 13.6. The molecule has 0 N–H and O–H groups in total.